The third-order valence-corrected chi connectivity index (χ3v) is 6.25. The van der Waals surface area contributed by atoms with Gasteiger partial charge in [0.05, 0.1) is 11.8 Å². The van der Waals surface area contributed by atoms with Crippen LogP contribution in [0.5, 0.6) is 11.5 Å². The van der Waals surface area contributed by atoms with Gasteiger partial charge in [-0.1, -0.05) is 41.3 Å². The lowest BCUT2D eigenvalue weighted by atomic mass is 10.1. The van der Waals surface area contributed by atoms with Crippen molar-refractivity contribution in [3.63, 3.8) is 0 Å². The fraction of sp³-hybridized carbons (Fsp3) is 0.250. The summed E-state index contributed by atoms with van der Waals surface area (Å²) >= 11 is 2.79. The van der Waals surface area contributed by atoms with Gasteiger partial charge in [-0.25, -0.2) is 0 Å². The number of carbonyl (C=O) groups is 1. The lowest BCUT2D eigenvalue weighted by Crippen LogP contribution is -2.28. The van der Waals surface area contributed by atoms with E-state index in [1.165, 1.54) is 28.7 Å². The smallest absolute Gasteiger partial charge is 0.231 e. The van der Waals surface area contributed by atoms with E-state index < -0.39 is 0 Å². The third-order valence-electron chi connectivity index (χ3n) is 4.28. The van der Waals surface area contributed by atoms with Crippen LogP contribution < -0.4 is 20.1 Å². The number of nitrogens with one attached hydrogen (secondary N) is 2. The van der Waals surface area contributed by atoms with E-state index in [-0.39, 0.29) is 24.5 Å². The Morgan fingerprint density at radius 1 is 1.21 bits per heavy atom. The number of thioether (sulfide) groups is 1. The van der Waals surface area contributed by atoms with E-state index in [4.69, 9.17) is 9.47 Å². The number of hydrogen-bond donors (Lipinski definition) is 2. The number of anilines is 2. The van der Waals surface area contributed by atoms with Crippen LogP contribution in [0.1, 0.15) is 24.1 Å². The molecule has 2 N–H and O–H groups in total. The van der Waals surface area contributed by atoms with Crippen LogP contribution in [-0.4, -0.2) is 28.7 Å². The van der Waals surface area contributed by atoms with Gasteiger partial charge in [0.25, 0.3) is 0 Å². The molecule has 0 fully saturated rings. The first kappa shape index (κ1) is 19.5. The van der Waals surface area contributed by atoms with Crippen molar-refractivity contribution in [1.82, 2.24) is 15.5 Å². The van der Waals surface area contributed by atoms with Gasteiger partial charge in [-0.05, 0) is 49.2 Å². The minimum Gasteiger partial charge on any atom is -0.454 e. The lowest BCUT2D eigenvalue weighted by molar-refractivity contribution is -0.119. The van der Waals surface area contributed by atoms with E-state index in [9.17, 15) is 4.79 Å². The fourth-order valence-corrected chi connectivity index (χ4v) is 4.42. The molecule has 1 atom stereocenters. The first-order valence-electron chi connectivity index (χ1n) is 9.06. The van der Waals surface area contributed by atoms with Gasteiger partial charge in [-0.2, -0.15) is 0 Å². The van der Waals surface area contributed by atoms with Crippen LogP contribution in [0, 0.1) is 6.92 Å². The van der Waals surface area contributed by atoms with Gasteiger partial charge >= 0.3 is 0 Å². The molecular formula is C20H20N4O3S2. The Bertz CT molecular complexity index is 1020. The van der Waals surface area contributed by atoms with E-state index >= 15 is 0 Å². The Kier molecular flexibility index (Phi) is 5.86. The molecule has 9 heteroatoms. The van der Waals surface area contributed by atoms with Gasteiger partial charge in [0.15, 0.2) is 15.8 Å². The number of ether oxygens (including phenoxy) is 2. The van der Waals surface area contributed by atoms with E-state index in [1.54, 1.807) is 0 Å². The summed E-state index contributed by atoms with van der Waals surface area (Å²) in [5, 5.41) is 15.2. The summed E-state index contributed by atoms with van der Waals surface area (Å²) in [6, 6.07) is 13.6. The van der Waals surface area contributed by atoms with Crippen molar-refractivity contribution in [2.75, 3.05) is 17.9 Å². The van der Waals surface area contributed by atoms with E-state index in [2.05, 4.69) is 20.8 Å². The molecule has 29 heavy (non-hydrogen) atoms. The molecule has 2 heterocycles. The standard InChI is InChI=1S/C20H20N4O3S2/c1-12-4-3-5-15(8-12)22-19-23-24-20(29-19)28-10-18(25)21-13(2)14-6-7-16-17(9-14)27-11-26-16/h3-9,13H,10-11H2,1-2H3,(H,21,25)(H,22,23)/t13-/m1/s1. The topological polar surface area (TPSA) is 85.4 Å². The Labute approximate surface area is 176 Å². The molecule has 3 aromatic rings. The number of benzene rings is 2. The van der Waals surface area contributed by atoms with Gasteiger partial charge in [-0.3, -0.25) is 4.79 Å². The molecule has 0 spiro atoms. The monoisotopic (exact) mass is 428 g/mol. The second-order valence-electron chi connectivity index (χ2n) is 6.56. The highest BCUT2D eigenvalue weighted by atomic mass is 32.2. The maximum atomic E-state index is 12.3. The largest absolute Gasteiger partial charge is 0.454 e. The molecule has 0 radical (unpaired) electrons. The minimum atomic E-state index is -0.134. The zero-order valence-corrected chi connectivity index (χ0v) is 17.6. The number of aryl methyl sites for hydroxylation is 1. The zero-order chi connectivity index (χ0) is 20.2. The highest BCUT2D eigenvalue weighted by Crippen LogP contribution is 2.34. The number of fused-ring (bicyclic) bond motifs is 1. The Balaban J connectivity index is 1.28. The second-order valence-corrected chi connectivity index (χ2v) is 8.76. The number of hydrogen-bond acceptors (Lipinski definition) is 8. The zero-order valence-electron chi connectivity index (χ0n) is 16.0. The highest BCUT2D eigenvalue weighted by molar-refractivity contribution is 8.01. The van der Waals surface area contributed by atoms with Gasteiger partial charge in [0.2, 0.25) is 17.8 Å². The number of carbonyl (C=O) groups excluding carboxylic acids is 1. The van der Waals surface area contributed by atoms with Crippen LogP contribution in [0.3, 0.4) is 0 Å². The fourth-order valence-electron chi connectivity index (χ4n) is 2.84. The van der Waals surface area contributed by atoms with E-state index in [0.29, 0.717) is 10.9 Å². The van der Waals surface area contributed by atoms with Crippen LogP contribution in [0.2, 0.25) is 0 Å². The lowest BCUT2D eigenvalue weighted by Gasteiger charge is -2.14. The summed E-state index contributed by atoms with van der Waals surface area (Å²) in [6.45, 7) is 4.21. The van der Waals surface area contributed by atoms with Crippen molar-refractivity contribution in [2.24, 2.45) is 0 Å². The molecule has 0 saturated heterocycles. The van der Waals surface area contributed by atoms with Crippen molar-refractivity contribution in [3.8, 4) is 11.5 Å². The van der Waals surface area contributed by atoms with Gasteiger partial charge in [0.1, 0.15) is 0 Å². The predicted octanol–water partition coefficient (Wildman–Crippen LogP) is 4.29. The van der Waals surface area contributed by atoms with Crippen LogP contribution in [0.25, 0.3) is 0 Å². The Morgan fingerprint density at radius 3 is 2.93 bits per heavy atom. The first-order valence-corrected chi connectivity index (χ1v) is 10.9. The number of amides is 1. The molecule has 0 aliphatic carbocycles. The van der Waals surface area contributed by atoms with Crippen molar-refractivity contribution in [3.05, 3.63) is 53.6 Å². The summed E-state index contributed by atoms with van der Waals surface area (Å²) in [5.41, 5.74) is 3.10. The van der Waals surface area contributed by atoms with Crippen molar-refractivity contribution < 1.29 is 14.3 Å². The average molecular weight is 429 g/mol. The Morgan fingerprint density at radius 2 is 2.07 bits per heavy atom. The minimum absolute atomic E-state index is 0.0661. The molecule has 1 amide bonds. The molecule has 150 valence electrons. The summed E-state index contributed by atoms with van der Waals surface area (Å²) in [6.07, 6.45) is 0. The van der Waals surface area contributed by atoms with Crippen LogP contribution in [-0.2, 0) is 4.79 Å². The SMILES string of the molecule is Cc1cccc(Nc2nnc(SCC(=O)N[C@H](C)c3ccc4c(c3)OCO4)s2)c1. The summed E-state index contributed by atoms with van der Waals surface area (Å²) < 4.78 is 11.5. The summed E-state index contributed by atoms with van der Waals surface area (Å²) in [7, 11) is 0. The molecule has 0 bridgehead atoms. The molecule has 1 aromatic heterocycles. The molecule has 2 aromatic carbocycles. The van der Waals surface area contributed by atoms with Crippen molar-refractivity contribution >= 4 is 39.8 Å². The molecule has 1 aliphatic heterocycles. The maximum Gasteiger partial charge on any atom is 0.231 e. The summed E-state index contributed by atoms with van der Waals surface area (Å²) in [5.74, 6) is 1.65. The molecule has 1 aliphatic rings. The van der Waals surface area contributed by atoms with Gasteiger partial charge in [-0.15, -0.1) is 10.2 Å². The molecule has 0 saturated carbocycles. The molecule has 0 unspecified atom stereocenters. The molecule has 7 nitrogen and oxygen atoms in total. The van der Waals surface area contributed by atoms with E-state index in [0.717, 1.165) is 21.3 Å². The van der Waals surface area contributed by atoms with Crippen LogP contribution in [0.15, 0.2) is 46.8 Å². The third kappa shape index (κ3) is 4.99. The van der Waals surface area contributed by atoms with Crippen LogP contribution in [0.4, 0.5) is 10.8 Å². The quantitative estimate of drug-likeness (QED) is 0.543. The summed E-state index contributed by atoms with van der Waals surface area (Å²) in [4.78, 5) is 12.3. The molecular weight excluding hydrogens is 408 g/mol. The predicted molar refractivity (Wildman–Crippen MR) is 114 cm³/mol. The average Bonchev–Trinajstić information content (AvgIpc) is 3.35. The van der Waals surface area contributed by atoms with Crippen LogP contribution >= 0.6 is 23.1 Å². The number of rotatable bonds is 7. The molecule has 4 rings (SSSR count). The first-order chi connectivity index (χ1) is 14.1. The number of nitrogens with zero attached hydrogens (tertiary/aromatic N) is 2. The highest BCUT2D eigenvalue weighted by Gasteiger charge is 2.17. The van der Waals surface area contributed by atoms with Gasteiger partial charge in [0, 0.05) is 5.69 Å². The van der Waals surface area contributed by atoms with Crippen molar-refractivity contribution in [2.45, 2.75) is 24.2 Å². The maximum absolute atomic E-state index is 12.3. The van der Waals surface area contributed by atoms with Crippen molar-refractivity contribution in [1.29, 1.82) is 0 Å². The second kappa shape index (κ2) is 8.71. The van der Waals surface area contributed by atoms with Gasteiger partial charge < -0.3 is 20.1 Å². The number of aromatic nitrogens is 2. The van der Waals surface area contributed by atoms with E-state index in [1.807, 2.05) is 56.3 Å². The Hall–Kier alpha value is -2.78. The normalized spacial score (nSPS) is 13.2.